The molecule has 0 spiro atoms. The van der Waals surface area contributed by atoms with Crippen molar-refractivity contribution in [2.75, 3.05) is 13.1 Å². The van der Waals surface area contributed by atoms with Crippen molar-refractivity contribution in [3.8, 4) is 6.07 Å². The first-order valence-corrected chi connectivity index (χ1v) is 7.57. The minimum absolute atomic E-state index is 0.764. The molecule has 0 atom stereocenters. The molecular formula is C17H21N3. The van der Waals surface area contributed by atoms with Gasteiger partial charge in [0.15, 0.2) is 0 Å². The van der Waals surface area contributed by atoms with Crippen LogP contribution in [0.4, 0.5) is 0 Å². The Kier molecular flexibility index (Phi) is 4.03. The molecule has 0 radical (unpaired) electrons. The Labute approximate surface area is 120 Å². The van der Waals surface area contributed by atoms with Gasteiger partial charge in [0.1, 0.15) is 0 Å². The number of nitriles is 1. The van der Waals surface area contributed by atoms with Crippen LogP contribution in [0.15, 0.2) is 30.5 Å². The van der Waals surface area contributed by atoms with Gasteiger partial charge in [0, 0.05) is 30.2 Å². The van der Waals surface area contributed by atoms with Crippen LogP contribution >= 0.6 is 0 Å². The summed E-state index contributed by atoms with van der Waals surface area (Å²) < 4.78 is 2.23. The van der Waals surface area contributed by atoms with Gasteiger partial charge in [-0.1, -0.05) is 18.9 Å². The highest BCUT2D eigenvalue weighted by molar-refractivity contribution is 5.85. The van der Waals surface area contributed by atoms with E-state index < -0.39 is 0 Å². The Hall–Kier alpha value is -1.79. The molecule has 104 valence electrons. The van der Waals surface area contributed by atoms with Gasteiger partial charge in [-0.25, -0.2) is 0 Å². The predicted molar refractivity (Wildman–Crippen MR) is 81.5 cm³/mol. The molecule has 1 saturated carbocycles. The average Bonchev–Trinajstić information content (AvgIpc) is 3.13. The summed E-state index contributed by atoms with van der Waals surface area (Å²) in [5.41, 5.74) is 1.92. The molecule has 1 fully saturated rings. The van der Waals surface area contributed by atoms with E-state index in [0.29, 0.717) is 0 Å². The van der Waals surface area contributed by atoms with Crippen LogP contribution in [0.2, 0.25) is 0 Å². The fourth-order valence-electron chi connectivity index (χ4n) is 3.24. The third kappa shape index (κ3) is 2.71. The Balaban J connectivity index is 1.59. The van der Waals surface area contributed by atoms with E-state index in [0.717, 1.165) is 42.0 Å². The smallest absolute Gasteiger partial charge is 0.0998 e. The fraction of sp³-hybridized carbons (Fsp3) is 0.471. The van der Waals surface area contributed by atoms with Crippen LogP contribution in [-0.4, -0.2) is 17.7 Å². The maximum Gasteiger partial charge on any atom is 0.0998 e. The van der Waals surface area contributed by atoms with Crippen molar-refractivity contribution in [3.05, 3.63) is 36.0 Å². The topological polar surface area (TPSA) is 40.8 Å². The van der Waals surface area contributed by atoms with Crippen LogP contribution in [0.25, 0.3) is 10.9 Å². The van der Waals surface area contributed by atoms with E-state index in [1.54, 1.807) is 0 Å². The Bertz CT molecular complexity index is 615. The quantitative estimate of drug-likeness (QED) is 0.844. The van der Waals surface area contributed by atoms with Crippen molar-refractivity contribution in [2.45, 2.75) is 32.2 Å². The molecule has 20 heavy (non-hydrogen) atoms. The number of rotatable bonds is 5. The zero-order valence-corrected chi connectivity index (χ0v) is 11.8. The summed E-state index contributed by atoms with van der Waals surface area (Å²) in [5.74, 6) is 0.890. The monoisotopic (exact) mass is 267 g/mol. The molecule has 1 aliphatic carbocycles. The zero-order chi connectivity index (χ0) is 13.8. The molecule has 1 aliphatic rings. The Morgan fingerprint density at radius 1 is 1.25 bits per heavy atom. The van der Waals surface area contributed by atoms with Gasteiger partial charge in [-0.3, -0.25) is 0 Å². The highest BCUT2D eigenvalue weighted by atomic mass is 15.0. The molecular weight excluding hydrogens is 246 g/mol. The average molecular weight is 267 g/mol. The number of hydrogen-bond acceptors (Lipinski definition) is 2. The van der Waals surface area contributed by atoms with Crippen molar-refractivity contribution in [3.63, 3.8) is 0 Å². The lowest BCUT2D eigenvalue weighted by molar-refractivity contribution is 0.478. The van der Waals surface area contributed by atoms with Gasteiger partial charge in [0.25, 0.3) is 0 Å². The highest BCUT2D eigenvalue weighted by Gasteiger charge is 2.13. The van der Waals surface area contributed by atoms with Gasteiger partial charge in [0.2, 0.25) is 0 Å². The normalized spacial score (nSPS) is 15.8. The molecule has 3 heteroatoms. The van der Waals surface area contributed by atoms with Crippen molar-refractivity contribution in [1.29, 1.82) is 5.26 Å². The second kappa shape index (κ2) is 6.11. The molecule has 0 unspecified atom stereocenters. The molecule has 1 aromatic carbocycles. The van der Waals surface area contributed by atoms with Gasteiger partial charge >= 0.3 is 0 Å². The molecule has 1 heterocycles. The number of nitrogens with zero attached hydrogens (tertiary/aromatic N) is 2. The maximum absolute atomic E-state index is 9.11. The van der Waals surface area contributed by atoms with Crippen LogP contribution in [0.3, 0.4) is 0 Å². The van der Waals surface area contributed by atoms with Gasteiger partial charge < -0.3 is 9.88 Å². The third-order valence-corrected chi connectivity index (χ3v) is 4.37. The Morgan fingerprint density at radius 3 is 2.90 bits per heavy atom. The SMILES string of the molecule is N#Cc1cccc2c1ccn2CCNCC1CCCC1. The molecule has 0 amide bonds. The minimum atomic E-state index is 0.764. The number of fused-ring (bicyclic) bond motifs is 1. The first-order chi connectivity index (χ1) is 9.88. The highest BCUT2D eigenvalue weighted by Crippen LogP contribution is 2.23. The van der Waals surface area contributed by atoms with Gasteiger partial charge in [-0.05, 0) is 43.5 Å². The second-order valence-corrected chi connectivity index (χ2v) is 5.71. The number of hydrogen-bond donors (Lipinski definition) is 1. The first-order valence-electron chi connectivity index (χ1n) is 7.57. The standard InChI is InChI=1S/C17H21N3/c18-12-15-6-3-7-17-16(15)8-10-20(17)11-9-19-13-14-4-1-2-5-14/h3,6-8,10,14,19H,1-2,4-5,9,11,13H2. The van der Waals surface area contributed by atoms with E-state index in [4.69, 9.17) is 5.26 Å². The molecule has 3 nitrogen and oxygen atoms in total. The zero-order valence-electron chi connectivity index (χ0n) is 11.8. The summed E-state index contributed by atoms with van der Waals surface area (Å²) in [6.45, 7) is 3.12. The van der Waals surface area contributed by atoms with E-state index >= 15 is 0 Å². The molecule has 1 aromatic heterocycles. The summed E-state index contributed by atoms with van der Waals surface area (Å²) >= 11 is 0. The number of benzene rings is 1. The van der Waals surface area contributed by atoms with Gasteiger partial charge in [-0.2, -0.15) is 5.26 Å². The molecule has 1 N–H and O–H groups in total. The van der Waals surface area contributed by atoms with Crippen LogP contribution in [0.5, 0.6) is 0 Å². The van der Waals surface area contributed by atoms with E-state index in [1.807, 2.05) is 18.2 Å². The van der Waals surface area contributed by atoms with Crippen molar-refractivity contribution in [1.82, 2.24) is 9.88 Å². The lowest BCUT2D eigenvalue weighted by Crippen LogP contribution is -2.25. The largest absolute Gasteiger partial charge is 0.346 e. The molecule has 2 aromatic rings. The van der Waals surface area contributed by atoms with Crippen LogP contribution in [0.1, 0.15) is 31.2 Å². The maximum atomic E-state index is 9.11. The summed E-state index contributed by atoms with van der Waals surface area (Å²) in [7, 11) is 0. The number of aromatic nitrogens is 1. The van der Waals surface area contributed by atoms with E-state index in [9.17, 15) is 0 Å². The van der Waals surface area contributed by atoms with Crippen LogP contribution < -0.4 is 5.32 Å². The lowest BCUT2D eigenvalue weighted by Gasteiger charge is -2.11. The fourth-order valence-corrected chi connectivity index (χ4v) is 3.24. The van der Waals surface area contributed by atoms with Gasteiger partial charge in [-0.15, -0.1) is 0 Å². The Morgan fingerprint density at radius 2 is 2.10 bits per heavy atom. The van der Waals surface area contributed by atoms with Crippen molar-refractivity contribution in [2.24, 2.45) is 5.92 Å². The molecule has 0 bridgehead atoms. The van der Waals surface area contributed by atoms with Crippen molar-refractivity contribution < 1.29 is 0 Å². The second-order valence-electron chi connectivity index (χ2n) is 5.71. The molecule has 0 aliphatic heterocycles. The number of nitrogens with one attached hydrogen (secondary N) is 1. The van der Waals surface area contributed by atoms with E-state index in [1.165, 1.54) is 25.7 Å². The summed E-state index contributed by atoms with van der Waals surface area (Å²) in [6, 6.07) is 10.2. The van der Waals surface area contributed by atoms with E-state index in [2.05, 4.69) is 28.2 Å². The predicted octanol–water partition coefficient (Wildman–Crippen LogP) is 3.29. The van der Waals surface area contributed by atoms with Gasteiger partial charge in [0.05, 0.1) is 11.6 Å². The van der Waals surface area contributed by atoms with Crippen LogP contribution in [-0.2, 0) is 6.54 Å². The summed E-state index contributed by atoms with van der Waals surface area (Å²) in [4.78, 5) is 0. The van der Waals surface area contributed by atoms with E-state index in [-0.39, 0.29) is 0 Å². The van der Waals surface area contributed by atoms with Crippen LogP contribution in [0, 0.1) is 17.2 Å². The summed E-state index contributed by atoms with van der Waals surface area (Å²) in [6.07, 6.45) is 7.69. The lowest BCUT2D eigenvalue weighted by atomic mass is 10.1. The first kappa shape index (κ1) is 13.2. The molecule has 3 rings (SSSR count). The molecule has 0 saturated heterocycles. The third-order valence-electron chi connectivity index (χ3n) is 4.37. The van der Waals surface area contributed by atoms with Crippen molar-refractivity contribution >= 4 is 10.9 Å². The summed E-state index contributed by atoms with van der Waals surface area (Å²) in [5, 5.41) is 13.7. The minimum Gasteiger partial charge on any atom is -0.346 e.